The summed E-state index contributed by atoms with van der Waals surface area (Å²) in [7, 11) is 0. The highest BCUT2D eigenvalue weighted by atomic mass is 79.9. The first-order valence-electron chi connectivity index (χ1n) is 5.92. The van der Waals surface area contributed by atoms with Crippen LogP contribution in [0.4, 0.5) is 5.69 Å². The van der Waals surface area contributed by atoms with Gasteiger partial charge in [-0.3, -0.25) is 4.79 Å². The van der Waals surface area contributed by atoms with Gasteiger partial charge in [0.1, 0.15) is 5.15 Å². The summed E-state index contributed by atoms with van der Waals surface area (Å²) in [5, 5.41) is 3.69. The average molecular weight is 374 g/mol. The van der Waals surface area contributed by atoms with E-state index in [0.717, 1.165) is 10.2 Å². The number of rotatable bonds is 3. The average Bonchev–Trinajstić information content (AvgIpc) is 2.42. The van der Waals surface area contributed by atoms with Crippen molar-refractivity contribution in [2.24, 2.45) is 0 Å². The molecular formula is C14H11BrCl2N2O. The number of aryl methyl sites for hydroxylation is 1. The molecule has 0 atom stereocenters. The number of hydrogen-bond acceptors (Lipinski definition) is 2. The Morgan fingerprint density at radius 2 is 2.05 bits per heavy atom. The van der Waals surface area contributed by atoms with Gasteiger partial charge in [0.2, 0.25) is 0 Å². The summed E-state index contributed by atoms with van der Waals surface area (Å²) >= 11 is 15.1. The highest BCUT2D eigenvalue weighted by molar-refractivity contribution is 9.10. The van der Waals surface area contributed by atoms with E-state index in [9.17, 15) is 4.79 Å². The van der Waals surface area contributed by atoms with Crippen molar-refractivity contribution in [3.63, 3.8) is 0 Å². The van der Waals surface area contributed by atoms with Crippen LogP contribution in [0.1, 0.15) is 23.0 Å². The van der Waals surface area contributed by atoms with Crippen LogP contribution in [0.25, 0.3) is 0 Å². The molecule has 1 N–H and O–H groups in total. The summed E-state index contributed by atoms with van der Waals surface area (Å²) < 4.78 is 0.721. The van der Waals surface area contributed by atoms with E-state index in [1.807, 2.05) is 6.92 Å². The molecule has 0 saturated heterocycles. The van der Waals surface area contributed by atoms with Crippen LogP contribution in [0.3, 0.4) is 0 Å². The maximum Gasteiger partial charge on any atom is 0.255 e. The summed E-state index contributed by atoms with van der Waals surface area (Å²) in [5.41, 5.74) is 1.91. The molecule has 1 aromatic carbocycles. The number of aromatic nitrogens is 1. The Labute approximate surface area is 135 Å². The van der Waals surface area contributed by atoms with Crippen LogP contribution < -0.4 is 5.32 Å². The molecule has 1 aromatic heterocycles. The van der Waals surface area contributed by atoms with Crippen molar-refractivity contribution in [2.45, 2.75) is 13.3 Å². The van der Waals surface area contributed by atoms with E-state index in [1.54, 1.807) is 30.3 Å². The molecule has 0 fully saturated rings. The molecule has 3 nitrogen and oxygen atoms in total. The summed E-state index contributed by atoms with van der Waals surface area (Å²) in [4.78, 5) is 16.3. The molecule has 1 amide bonds. The Morgan fingerprint density at radius 1 is 1.30 bits per heavy atom. The van der Waals surface area contributed by atoms with E-state index in [0.29, 0.717) is 27.8 Å². The van der Waals surface area contributed by atoms with Gasteiger partial charge >= 0.3 is 0 Å². The Balaban J connectivity index is 2.23. The largest absolute Gasteiger partial charge is 0.322 e. The molecule has 0 bridgehead atoms. The molecule has 0 saturated carbocycles. The number of nitrogens with one attached hydrogen (secondary N) is 1. The second-order valence-electron chi connectivity index (χ2n) is 4.11. The molecule has 2 aromatic rings. The van der Waals surface area contributed by atoms with Gasteiger partial charge in [-0.05, 0) is 52.7 Å². The van der Waals surface area contributed by atoms with Gasteiger partial charge in [-0.1, -0.05) is 30.1 Å². The number of carbonyl (C=O) groups excluding carboxylic acids is 1. The van der Waals surface area contributed by atoms with Crippen LogP contribution in [0.5, 0.6) is 0 Å². The van der Waals surface area contributed by atoms with E-state index in [4.69, 9.17) is 23.2 Å². The number of amides is 1. The van der Waals surface area contributed by atoms with Gasteiger partial charge in [-0.15, -0.1) is 0 Å². The van der Waals surface area contributed by atoms with Gasteiger partial charge in [0.25, 0.3) is 5.91 Å². The first-order valence-corrected chi connectivity index (χ1v) is 7.47. The van der Waals surface area contributed by atoms with E-state index in [-0.39, 0.29) is 5.91 Å². The monoisotopic (exact) mass is 372 g/mol. The van der Waals surface area contributed by atoms with Gasteiger partial charge in [0, 0.05) is 21.4 Å². The van der Waals surface area contributed by atoms with Crippen LogP contribution >= 0.6 is 39.1 Å². The van der Waals surface area contributed by atoms with E-state index >= 15 is 0 Å². The fourth-order valence-electron chi connectivity index (χ4n) is 1.64. The molecule has 0 aliphatic carbocycles. The number of anilines is 1. The number of nitrogens with zero attached hydrogens (tertiary/aromatic N) is 1. The summed E-state index contributed by atoms with van der Waals surface area (Å²) in [6.45, 7) is 1.96. The molecule has 0 unspecified atom stereocenters. The van der Waals surface area contributed by atoms with Gasteiger partial charge in [0.05, 0.1) is 5.02 Å². The van der Waals surface area contributed by atoms with E-state index in [2.05, 4.69) is 26.2 Å². The van der Waals surface area contributed by atoms with Gasteiger partial charge < -0.3 is 5.32 Å². The Morgan fingerprint density at radius 3 is 2.70 bits per heavy atom. The smallest absolute Gasteiger partial charge is 0.255 e. The molecular weight excluding hydrogens is 363 g/mol. The maximum absolute atomic E-state index is 12.2. The zero-order valence-corrected chi connectivity index (χ0v) is 13.7. The van der Waals surface area contributed by atoms with Crippen molar-refractivity contribution < 1.29 is 4.79 Å². The summed E-state index contributed by atoms with van der Waals surface area (Å²) in [5.74, 6) is -0.238. The quantitative estimate of drug-likeness (QED) is 0.772. The predicted molar refractivity (Wildman–Crippen MR) is 85.7 cm³/mol. The van der Waals surface area contributed by atoms with Gasteiger partial charge in [-0.25, -0.2) is 4.98 Å². The number of carbonyl (C=O) groups is 1. The van der Waals surface area contributed by atoms with Gasteiger partial charge in [-0.2, -0.15) is 0 Å². The zero-order chi connectivity index (χ0) is 14.7. The maximum atomic E-state index is 12.2. The minimum absolute atomic E-state index is 0.238. The van der Waals surface area contributed by atoms with Crippen molar-refractivity contribution in [1.29, 1.82) is 0 Å². The number of halogens is 3. The van der Waals surface area contributed by atoms with Crippen molar-refractivity contribution in [3.8, 4) is 0 Å². The first-order chi connectivity index (χ1) is 9.49. The summed E-state index contributed by atoms with van der Waals surface area (Å²) in [6, 6.07) is 8.45. The fourth-order valence-corrected chi connectivity index (χ4v) is 2.36. The van der Waals surface area contributed by atoms with Crippen molar-refractivity contribution in [3.05, 3.63) is 56.2 Å². The third-order valence-electron chi connectivity index (χ3n) is 2.65. The van der Waals surface area contributed by atoms with Crippen molar-refractivity contribution >= 4 is 50.7 Å². The molecule has 20 heavy (non-hydrogen) atoms. The van der Waals surface area contributed by atoms with Crippen molar-refractivity contribution in [1.82, 2.24) is 4.98 Å². The molecule has 0 aliphatic heterocycles. The number of hydrogen-bond donors (Lipinski definition) is 1. The molecule has 0 aliphatic rings. The van der Waals surface area contributed by atoms with Crippen LogP contribution in [-0.2, 0) is 6.42 Å². The topological polar surface area (TPSA) is 42.0 Å². The second-order valence-corrected chi connectivity index (χ2v) is 5.76. The Kier molecular flexibility index (Phi) is 5.02. The van der Waals surface area contributed by atoms with Crippen LogP contribution in [0.15, 0.2) is 34.8 Å². The molecule has 0 spiro atoms. The molecule has 6 heteroatoms. The zero-order valence-electron chi connectivity index (χ0n) is 10.6. The van der Waals surface area contributed by atoms with Crippen LogP contribution in [-0.4, -0.2) is 10.9 Å². The minimum Gasteiger partial charge on any atom is -0.322 e. The molecule has 2 rings (SSSR count). The molecule has 104 valence electrons. The SMILES string of the molecule is CCc1cc(C(=O)Nc2ccc(Cl)c(Br)c2)cc(Cl)n1. The van der Waals surface area contributed by atoms with E-state index < -0.39 is 0 Å². The van der Waals surface area contributed by atoms with Gasteiger partial charge in [0.15, 0.2) is 0 Å². The highest BCUT2D eigenvalue weighted by Gasteiger charge is 2.10. The van der Waals surface area contributed by atoms with E-state index in [1.165, 1.54) is 0 Å². The third-order valence-corrected chi connectivity index (χ3v) is 4.06. The third kappa shape index (κ3) is 3.72. The Hall–Kier alpha value is -1.10. The lowest BCUT2D eigenvalue weighted by Gasteiger charge is -2.08. The standard InChI is InChI=1S/C14H11BrCl2N2O/c1-2-9-5-8(6-13(17)18-9)14(20)19-10-3-4-12(16)11(15)7-10/h3-7H,2H2,1H3,(H,19,20). The Bertz CT molecular complexity index is 662. The lowest BCUT2D eigenvalue weighted by molar-refractivity contribution is 0.102. The van der Waals surface area contributed by atoms with Crippen LogP contribution in [0, 0.1) is 0 Å². The number of benzene rings is 1. The predicted octanol–water partition coefficient (Wildman–Crippen LogP) is 4.97. The first kappa shape index (κ1) is 15.3. The summed E-state index contributed by atoms with van der Waals surface area (Å²) in [6.07, 6.45) is 0.716. The highest BCUT2D eigenvalue weighted by Crippen LogP contribution is 2.26. The lowest BCUT2D eigenvalue weighted by Crippen LogP contribution is -2.12. The van der Waals surface area contributed by atoms with Crippen molar-refractivity contribution in [2.75, 3.05) is 5.32 Å². The number of pyridine rings is 1. The van der Waals surface area contributed by atoms with Crippen LogP contribution in [0.2, 0.25) is 10.2 Å². The minimum atomic E-state index is -0.238. The molecule has 1 heterocycles. The fraction of sp³-hybridized carbons (Fsp3) is 0.143. The second kappa shape index (κ2) is 6.57. The molecule has 0 radical (unpaired) electrons. The lowest BCUT2D eigenvalue weighted by atomic mass is 10.2. The normalized spacial score (nSPS) is 10.4.